The molecule has 1 heterocycles. The van der Waals surface area contributed by atoms with Crippen LogP contribution in [0.5, 0.6) is 0 Å². The Morgan fingerprint density at radius 2 is 1.75 bits per heavy atom. The maximum Gasteiger partial charge on any atom is 0.220 e. The fraction of sp³-hybridized carbons (Fsp3) is 0.444. The first-order chi connectivity index (χ1) is 13.8. The number of rotatable bonds is 3. The summed E-state index contributed by atoms with van der Waals surface area (Å²) in [6.07, 6.45) is 5.34. The normalized spacial score (nSPS) is 15.6. The van der Waals surface area contributed by atoms with Gasteiger partial charge >= 0.3 is 0 Å². The Morgan fingerprint density at radius 1 is 1.04 bits per heavy atom. The van der Waals surface area contributed by atoms with Crippen LogP contribution in [0.2, 0.25) is 0 Å². The third kappa shape index (κ3) is 3.15. The summed E-state index contributed by atoms with van der Waals surface area (Å²) in [5.74, 6) is 1.10. The van der Waals surface area contributed by atoms with Gasteiger partial charge in [0.2, 0.25) is 5.69 Å². The zero-order valence-electron chi connectivity index (χ0n) is 19.3. The van der Waals surface area contributed by atoms with Crippen molar-refractivity contribution in [1.82, 2.24) is 0 Å². The molecule has 4 rings (SSSR count). The largest absolute Gasteiger partial charge is 0.220 e. The van der Waals surface area contributed by atoms with E-state index >= 15 is 0 Å². The SMILES string of the molecule is [2H]c1c(C)[n+](C)c(-c2cc(C3CCCC3)cc(C)c2C)c2cccc(C(C)C)c12. The first kappa shape index (κ1) is 17.9. The van der Waals surface area contributed by atoms with Crippen molar-refractivity contribution in [3.63, 3.8) is 0 Å². The zero-order valence-corrected chi connectivity index (χ0v) is 18.3. The molecule has 0 amide bonds. The molecule has 28 heavy (non-hydrogen) atoms. The number of fused-ring (bicyclic) bond motifs is 1. The predicted octanol–water partition coefficient (Wildman–Crippen LogP) is 7.04. The Bertz CT molecular complexity index is 1090. The lowest BCUT2D eigenvalue weighted by atomic mass is 9.87. The molecule has 1 aliphatic rings. The topological polar surface area (TPSA) is 3.88 Å². The molecule has 0 aliphatic heterocycles. The number of nitrogens with zero attached hydrogens (tertiary/aromatic N) is 1. The highest BCUT2D eigenvalue weighted by atomic mass is 14.9. The summed E-state index contributed by atoms with van der Waals surface area (Å²) >= 11 is 0. The molecule has 3 aromatic rings. The Morgan fingerprint density at radius 3 is 2.43 bits per heavy atom. The number of benzene rings is 2. The monoisotopic (exact) mass is 373 g/mol. The highest BCUT2D eigenvalue weighted by Crippen LogP contribution is 2.39. The number of hydrogen-bond donors (Lipinski definition) is 0. The molecule has 1 fully saturated rings. The van der Waals surface area contributed by atoms with Gasteiger partial charge in [-0.15, -0.1) is 0 Å². The summed E-state index contributed by atoms with van der Waals surface area (Å²) in [5, 5.41) is 2.33. The van der Waals surface area contributed by atoms with Gasteiger partial charge in [-0.05, 0) is 78.3 Å². The second kappa shape index (κ2) is 7.35. The van der Waals surface area contributed by atoms with Crippen molar-refractivity contribution in [3.05, 3.63) is 64.3 Å². The molecule has 0 N–H and O–H groups in total. The van der Waals surface area contributed by atoms with Crippen molar-refractivity contribution in [1.29, 1.82) is 0 Å². The van der Waals surface area contributed by atoms with Crippen LogP contribution in [0.4, 0.5) is 0 Å². The molecule has 0 spiro atoms. The van der Waals surface area contributed by atoms with E-state index in [0.29, 0.717) is 17.9 Å². The maximum absolute atomic E-state index is 8.88. The van der Waals surface area contributed by atoms with Gasteiger partial charge in [0.25, 0.3) is 0 Å². The lowest BCUT2D eigenvalue weighted by Gasteiger charge is -2.18. The maximum atomic E-state index is 8.88. The molecule has 0 saturated heterocycles. The van der Waals surface area contributed by atoms with Crippen molar-refractivity contribution in [2.45, 2.75) is 72.1 Å². The lowest BCUT2D eigenvalue weighted by molar-refractivity contribution is -0.665. The molecule has 0 unspecified atom stereocenters. The van der Waals surface area contributed by atoms with Crippen molar-refractivity contribution in [2.24, 2.45) is 7.05 Å². The fourth-order valence-corrected chi connectivity index (χ4v) is 4.96. The Kier molecular flexibility index (Phi) is 4.70. The summed E-state index contributed by atoms with van der Waals surface area (Å²) in [6, 6.07) is 12.1. The summed E-state index contributed by atoms with van der Waals surface area (Å²) in [7, 11) is 2.13. The van der Waals surface area contributed by atoms with Crippen LogP contribution in [0, 0.1) is 20.8 Å². The molecule has 0 atom stereocenters. The van der Waals surface area contributed by atoms with E-state index in [2.05, 4.69) is 76.6 Å². The van der Waals surface area contributed by atoms with Gasteiger partial charge in [0.1, 0.15) is 7.05 Å². The van der Waals surface area contributed by atoms with Crippen molar-refractivity contribution in [3.8, 4) is 11.3 Å². The van der Waals surface area contributed by atoms with E-state index in [1.165, 1.54) is 64.6 Å². The van der Waals surface area contributed by atoms with Gasteiger partial charge in [-0.3, -0.25) is 0 Å². The smallest absolute Gasteiger partial charge is 0.198 e. The molecular weight excluding hydrogens is 338 g/mol. The van der Waals surface area contributed by atoms with E-state index in [1.807, 2.05) is 0 Å². The van der Waals surface area contributed by atoms with E-state index in [0.717, 1.165) is 11.1 Å². The average molecular weight is 374 g/mol. The second-order valence-electron chi connectivity index (χ2n) is 9.03. The zero-order chi connectivity index (χ0) is 20.9. The number of aryl methyl sites for hydroxylation is 1. The summed E-state index contributed by atoms with van der Waals surface area (Å²) in [4.78, 5) is 0. The highest BCUT2D eigenvalue weighted by molar-refractivity contribution is 5.96. The Balaban J connectivity index is 2.08. The minimum atomic E-state index is 0.399. The van der Waals surface area contributed by atoms with E-state index in [9.17, 15) is 0 Å². The molecule has 0 bridgehead atoms. The average Bonchev–Trinajstić information content (AvgIpc) is 3.23. The lowest BCUT2D eigenvalue weighted by Crippen LogP contribution is -2.35. The van der Waals surface area contributed by atoms with Crippen LogP contribution in [-0.4, -0.2) is 0 Å². The van der Waals surface area contributed by atoms with Gasteiger partial charge in [0.15, 0.2) is 5.69 Å². The van der Waals surface area contributed by atoms with Crippen LogP contribution in [0.1, 0.15) is 80.7 Å². The van der Waals surface area contributed by atoms with Gasteiger partial charge in [0.05, 0.1) is 12.3 Å². The first-order valence-electron chi connectivity index (χ1n) is 11.3. The van der Waals surface area contributed by atoms with Crippen LogP contribution in [0.25, 0.3) is 22.0 Å². The summed E-state index contributed by atoms with van der Waals surface area (Å²) in [6.45, 7) is 11.1. The molecule has 0 radical (unpaired) electrons. The van der Waals surface area contributed by atoms with Gasteiger partial charge in [-0.2, -0.15) is 4.57 Å². The van der Waals surface area contributed by atoms with Crippen molar-refractivity contribution < 1.29 is 5.94 Å². The highest BCUT2D eigenvalue weighted by Gasteiger charge is 2.25. The van der Waals surface area contributed by atoms with Crippen LogP contribution in [0.3, 0.4) is 0 Å². The molecule has 2 aromatic carbocycles. The van der Waals surface area contributed by atoms with Gasteiger partial charge < -0.3 is 0 Å². The molecule has 1 heteroatoms. The van der Waals surface area contributed by atoms with Crippen LogP contribution >= 0.6 is 0 Å². The summed E-state index contributed by atoms with van der Waals surface area (Å²) in [5.41, 5.74) is 9.14. The summed E-state index contributed by atoms with van der Waals surface area (Å²) < 4.78 is 11.1. The van der Waals surface area contributed by atoms with Crippen LogP contribution < -0.4 is 4.57 Å². The molecular formula is C27H34N+. The molecule has 1 nitrogen and oxygen atoms in total. The van der Waals surface area contributed by atoms with Gasteiger partial charge in [-0.1, -0.05) is 44.9 Å². The van der Waals surface area contributed by atoms with Crippen LogP contribution in [0.15, 0.2) is 36.4 Å². The standard InChI is InChI=1S/C27H34N/c1-17(2)23-12-9-13-24-26(23)15-19(4)28(6)27(24)25-16-22(14-18(3)20(25)5)21-10-7-8-11-21/h9,12-17,21H,7-8,10-11H2,1-6H3/q+1/i15D. The van der Waals surface area contributed by atoms with Gasteiger partial charge in [0, 0.05) is 13.0 Å². The Labute approximate surface area is 171 Å². The van der Waals surface area contributed by atoms with Crippen LogP contribution in [-0.2, 0) is 7.05 Å². The molecule has 146 valence electrons. The van der Waals surface area contributed by atoms with Gasteiger partial charge in [-0.25, -0.2) is 0 Å². The fourth-order valence-electron chi connectivity index (χ4n) is 4.96. The van der Waals surface area contributed by atoms with Crippen molar-refractivity contribution in [2.75, 3.05) is 0 Å². The second-order valence-corrected chi connectivity index (χ2v) is 9.03. The van der Waals surface area contributed by atoms with E-state index in [4.69, 9.17) is 1.37 Å². The Hall–Kier alpha value is -2.15. The number of hydrogen-bond acceptors (Lipinski definition) is 0. The molecule has 1 saturated carbocycles. The minimum Gasteiger partial charge on any atom is -0.198 e. The van der Waals surface area contributed by atoms with E-state index < -0.39 is 0 Å². The first-order valence-corrected chi connectivity index (χ1v) is 10.8. The minimum absolute atomic E-state index is 0.399. The number of aromatic nitrogens is 1. The molecule has 1 aromatic heterocycles. The predicted molar refractivity (Wildman–Crippen MR) is 120 cm³/mol. The van der Waals surface area contributed by atoms with Crippen molar-refractivity contribution >= 4 is 10.8 Å². The third-order valence-corrected chi connectivity index (χ3v) is 6.89. The van der Waals surface area contributed by atoms with E-state index in [-0.39, 0.29) is 0 Å². The molecule has 1 aliphatic carbocycles. The third-order valence-electron chi connectivity index (χ3n) is 6.89. The number of pyridine rings is 1. The quantitative estimate of drug-likeness (QED) is 0.434. The van der Waals surface area contributed by atoms with E-state index in [1.54, 1.807) is 0 Å².